The number of fused-ring (bicyclic) bond motifs is 1. The summed E-state index contributed by atoms with van der Waals surface area (Å²) in [6, 6.07) is 1.86. The Labute approximate surface area is 117 Å². The van der Waals surface area contributed by atoms with Crippen molar-refractivity contribution >= 4 is 17.9 Å². The molecule has 3 rings (SSSR count). The van der Waals surface area contributed by atoms with E-state index in [-0.39, 0.29) is 0 Å². The Morgan fingerprint density at radius 3 is 2.79 bits per heavy atom. The van der Waals surface area contributed by atoms with Gasteiger partial charge in [0.25, 0.3) is 0 Å². The third-order valence-electron chi connectivity index (χ3n) is 3.68. The minimum absolute atomic E-state index is 0.363. The van der Waals surface area contributed by atoms with Crippen molar-refractivity contribution in [3.63, 3.8) is 0 Å². The Balaban J connectivity index is 2.08. The molecule has 0 aromatic heterocycles. The molecule has 2 aliphatic rings. The molecule has 1 aromatic carbocycles. The van der Waals surface area contributed by atoms with E-state index in [0.29, 0.717) is 41.2 Å². The first kappa shape index (κ1) is 12.8. The minimum atomic E-state index is 0.363. The van der Waals surface area contributed by atoms with E-state index in [2.05, 4.69) is 5.32 Å². The number of halogens is 1. The van der Waals surface area contributed by atoms with Gasteiger partial charge in [0.05, 0.1) is 10.6 Å². The van der Waals surface area contributed by atoms with Crippen LogP contribution < -0.4 is 14.8 Å². The Kier molecular flexibility index (Phi) is 3.62. The smallest absolute Gasteiger partial charge is 0.173 e. The molecule has 1 fully saturated rings. The van der Waals surface area contributed by atoms with Crippen molar-refractivity contribution in [2.24, 2.45) is 0 Å². The summed E-state index contributed by atoms with van der Waals surface area (Å²) < 4.78 is 11.3. The van der Waals surface area contributed by atoms with Gasteiger partial charge in [0.15, 0.2) is 17.8 Å². The maximum atomic E-state index is 11.2. The molecule has 102 valence electrons. The van der Waals surface area contributed by atoms with Gasteiger partial charge in [0.2, 0.25) is 0 Å². The number of aldehydes is 1. The van der Waals surface area contributed by atoms with Crippen LogP contribution in [0.25, 0.3) is 0 Å². The molecule has 0 aliphatic carbocycles. The Hall–Kier alpha value is -1.26. The van der Waals surface area contributed by atoms with Crippen LogP contribution in [0.2, 0.25) is 5.02 Å². The van der Waals surface area contributed by atoms with E-state index in [1.807, 2.05) is 6.07 Å². The molecule has 0 saturated carbocycles. The van der Waals surface area contributed by atoms with E-state index in [9.17, 15) is 4.79 Å². The molecule has 2 aliphatic heterocycles. The van der Waals surface area contributed by atoms with Crippen molar-refractivity contribution in [3.8, 4) is 11.5 Å². The van der Waals surface area contributed by atoms with Crippen LogP contribution in [0.1, 0.15) is 34.7 Å². The Morgan fingerprint density at radius 2 is 2.11 bits per heavy atom. The quantitative estimate of drug-likeness (QED) is 0.846. The van der Waals surface area contributed by atoms with E-state index in [1.165, 1.54) is 0 Å². The molecule has 0 radical (unpaired) electrons. The Morgan fingerprint density at radius 1 is 1.32 bits per heavy atom. The number of carbonyl (C=O) groups excluding carboxylic acids is 1. The highest BCUT2D eigenvalue weighted by molar-refractivity contribution is 6.33. The van der Waals surface area contributed by atoms with Gasteiger partial charge >= 0.3 is 0 Å². The first-order chi connectivity index (χ1) is 9.31. The van der Waals surface area contributed by atoms with Crippen LogP contribution in [-0.4, -0.2) is 32.6 Å². The van der Waals surface area contributed by atoms with Crippen LogP contribution in [0.4, 0.5) is 0 Å². The molecule has 1 unspecified atom stereocenters. The summed E-state index contributed by atoms with van der Waals surface area (Å²) in [5, 5.41) is 3.82. The molecule has 0 amide bonds. The fraction of sp³-hybridized carbons (Fsp3) is 0.500. The van der Waals surface area contributed by atoms with E-state index >= 15 is 0 Å². The van der Waals surface area contributed by atoms with Gasteiger partial charge in [-0.1, -0.05) is 11.6 Å². The van der Waals surface area contributed by atoms with Crippen LogP contribution in [0.15, 0.2) is 6.07 Å². The van der Waals surface area contributed by atoms with Crippen molar-refractivity contribution < 1.29 is 14.3 Å². The molecule has 19 heavy (non-hydrogen) atoms. The zero-order valence-electron chi connectivity index (χ0n) is 10.6. The zero-order chi connectivity index (χ0) is 13.2. The summed E-state index contributed by atoms with van der Waals surface area (Å²) in [6.07, 6.45) is 2.96. The molecule has 0 bridgehead atoms. The number of ether oxygens (including phenoxy) is 2. The molecule has 2 heterocycles. The molecule has 4 nitrogen and oxygen atoms in total. The normalized spacial score (nSPS) is 22.1. The minimum Gasteiger partial charge on any atom is -0.486 e. The number of hydrogen-bond donors (Lipinski definition) is 1. The standard InChI is InChI=1S/C14H16ClNO3/c15-12-6-10(9-2-1-3-16-7-9)13-14(11(12)8-17)19-5-4-18-13/h6,8-9,16H,1-5,7H2. The number of hydrogen-bond acceptors (Lipinski definition) is 4. The molecule has 0 spiro atoms. The number of piperidine rings is 1. The van der Waals surface area contributed by atoms with Crippen molar-refractivity contribution in [2.75, 3.05) is 26.3 Å². The van der Waals surface area contributed by atoms with Gasteiger partial charge in [0.1, 0.15) is 13.2 Å². The van der Waals surface area contributed by atoms with Crippen molar-refractivity contribution in [3.05, 3.63) is 22.2 Å². The van der Waals surface area contributed by atoms with Gasteiger partial charge in [-0.15, -0.1) is 0 Å². The highest BCUT2D eigenvalue weighted by Crippen LogP contribution is 2.44. The number of carbonyl (C=O) groups is 1. The number of benzene rings is 1. The van der Waals surface area contributed by atoms with Crippen molar-refractivity contribution in [1.29, 1.82) is 0 Å². The van der Waals surface area contributed by atoms with Crippen LogP contribution in [-0.2, 0) is 0 Å². The van der Waals surface area contributed by atoms with Gasteiger partial charge in [-0.05, 0) is 25.5 Å². The second-order valence-corrected chi connectivity index (χ2v) is 5.28. The lowest BCUT2D eigenvalue weighted by atomic mass is 9.89. The van der Waals surface area contributed by atoms with E-state index < -0.39 is 0 Å². The third-order valence-corrected chi connectivity index (χ3v) is 4.00. The zero-order valence-corrected chi connectivity index (χ0v) is 11.3. The van der Waals surface area contributed by atoms with Crippen molar-refractivity contribution in [1.82, 2.24) is 5.32 Å². The van der Waals surface area contributed by atoms with E-state index in [0.717, 1.165) is 37.8 Å². The summed E-state index contributed by atoms with van der Waals surface area (Å²) in [5.41, 5.74) is 1.45. The lowest BCUT2D eigenvalue weighted by molar-refractivity contribution is 0.111. The molecular formula is C14H16ClNO3. The average molecular weight is 282 g/mol. The third kappa shape index (κ3) is 2.30. The van der Waals surface area contributed by atoms with Gasteiger partial charge < -0.3 is 14.8 Å². The maximum Gasteiger partial charge on any atom is 0.173 e. The largest absolute Gasteiger partial charge is 0.486 e. The SMILES string of the molecule is O=Cc1c(Cl)cc(C2CCCNC2)c2c1OCCO2. The predicted molar refractivity (Wildman–Crippen MR) is 72.7 cm³/mol. The van der Waals surface area contributed by atoms with Gasteiger partial charge in [-0.3, -0.25) is 4.79 Å². The first-order valence-corrected chi connectivity index (χ1v) is 6.97. The maximum absolute atomic E-state index is 11.2. The highest BCUT2D eigenvalue weighted by Gasteiger charge is 2.27. The summed E-state index contributed by atoms with van der Waals surface area (Å²) in [7, 11) is 0. The summed E-state index contributed by atoms with van der Waals surface area (Å²) in [6.45, 7) is 2.93. The van der Waals surface area contributed by atoms with Crippen molar-refractivity contribution in [2.45, 2.75) is 18.8 Å². The Bertz CT molecular complexity index is 498. The van der Waals surface area contributed by atoms with Gasteiger partial charge in [0, 0.05) is 18.0 Å². The topological polar surface area (TPSA) is 47.6 Å². The lowest BCUT2D eigenvalue weighted by Gasteiger charge is -2.29. The fourth-order valence-corrected chi connectivity index (χ4v) is 3.00. The molecule has 1 saturated heterocycles. The highest BCUT2D eigenvalue weighted by atomic mass is 35.5. The molecule has 5 heteroatoms. The van der Waals surface area contributed by atoms with Crippen LogP contribution in [0.5, 0.6) is 11.5 Å². The number of nitrogens with one attached hydrogen (secondary N) is 1. The van der Waals surface area contributed by atoms with Gasteiger partial charge in [-0.2, -0.15) is 0 Å². The average Bonchev–Trinajstić information content (AvgIpc) is 2.47. The molecule has 1 N–H and O–H groups in total. The lowest BCUT2D eigenvalue weighted by Crippen LogP contribution is -2.29. The summed E-state index contributed by atoms with van der Waals surface area (Å²) >= 11 is 6.20. The predicted octanol–water partition coefficient (Wildman–Crippen LogP) is 2.39. The second kappa shape index (κ2) is 5.39. The van der Waals surface area contributed by atoms with Gasteiger partial charge in [-0.25, -0.2) is 0 Å². The van der Waals surface area contributed by atoms with Crippen LogP contribution >= 0.6 is 11.6 Å². The summed E-state index contributed by atoms with van der Waals surface area (Å²) in [4.78, 5) is 11.2. The fourth-order valence-electron chi connectivity index (χ4n) is 2.75. The second-order valence-electron chi connectivity index (χ2n) is 4.88. The number of rotatable bonds is 2. The summed E-state index contributed by atoms with van der Waals surface area (Å²) in [5.74, 6) is 1.57. The van der Waals surface area contributed by atoms with Crippen LogP contribution in [0, 0.1) is 0 Å². The first-order valence-electron chi connectivity index (χ1n) is 6.59. The molecular weight excluding hydrogens is 266 g/mol. The monoisotopic (exact) mass is 281 g/mol. The van der Waals surface area contributed by atoms with E-state index in [1.54, 1.807) is 0 Å². The molecule has 1 aromatic rings. The molecule has 1 atom stereocenters. The van der Waals surface area contributed by atoms with Crippen LogP contribution in [0.3, 0.4) is 0 Å². The van der Waals surface area contributed by atoms with E-state index in [4.69, 9.17) is 21.1 Å².